The van der Waals surface area contributed by atoms with Gasteiger partial charge < -0.3 is 35.7 Å². The van der Waals surface area contributed by atoms with Gasteiger partial charge in [0.2, 0.25) is 5.88 Å². The third kappa shape index (κ3) is 11.4. The van der Waals surface area contributed by atoms with Crippen molar-refractivity contribution in [1.29, 1.82) is 0 Å². The van der Waals surface area contributed by atoms with E-state index in [1.807, 2.05) is 36.4 Å². The van der Waals surface area contributed by atoms with Crippen LogP contribution in [0.2, 0.25) is 15.1 Å². The van der Waals surface area contributed by atoms with Crippen LogP contribution >= 0.6 is 34.8 Å². The number of imidazole rings is 1. The molecule has 16 nitrogen and oxygen atoms in total. The van der Waals surface area contributed by atoms with Crippen LogP contribution in [0.15, 0.2) is 161 Å². The number of anilines is 2. The quantitative estimate of drug-likeness (QED) is 0.0598. The number of amides is 6. The molecule has 6 aromatic carbocycles. The van der Waals surface area contributed by atoms with Crippen LogP contribution in [0, 0.1) is 0 Å². The minimum atomic E-state index is -0.553. The summed E-state index contributed by atoms with van der Waals surface area (Å²) in [5.74, 6) is -0.611. The first-order valence-electron chi connectivity index (χ1n) is 21.8. The smallest absolute Gasteiger partial charge is 0.333 e. The fourth-order valence-electron chi connectivity index (χ4n) is 7.37. The van der Waals surface area contributed by atoms with Gasteiger partial charge in [-0.3, -0.25) is 19.1 Å². The number of phenolic OH excluding ortho intramolecular Hbond substituents is 2. The molecule has 0 spiro atoms. The lowest BCUT2D eigenvalue weighted by atomic mass is 10.1. The molecule has 0 unspecified atom stereocenters. The van der Waals surface area contributed by atoms with Gasteiger partial charge in [0, 0.05) is 32.4 Å². The highest BCUT2D eigenvalue weighted by Crippen LogP contribution is 2.34. The molecule has 72 heavy (non-hydrogen) atoms. The normalized spacial score (nSPS) is 15.3. The van der Waals surface area contributed by atoms with Crippen molar-refractivity contribution in [1.82, 2.24) is 20.2 Å². The first-order valence-corrected chi connectivity index (χ1v) is 22.9. The molecule has 3 aliphatic heterocycles. The van der Waals surface area contributed by atoms with Crippen LogP contribution in [-0.2, 0) is 16.1 Å². The number of nitrogens with one attached hydrogen (secondary N) is 3. The zero-order valence-corrected chi connectivity index (χ0v) is 40.0. The predicted molar refractivity (Wildman–Crippen MR) is 278 cm³/mol. The summed E-state index contributed by atoms with van der Waals surface area (Å²) in [5.41, 5.74) is 5.91. The second kappa shape index (κ2) is 21.9. The number of phenols is 2. The molecular weight excluding hydrogens is 985 g/mol. The maximum Gasteiger partial charge on any atom is 0.333 e. The van der Waals surface area contributed by atoms with Crippen molar-refractivity contribution in [2.75, 3.05) is 16.4 Å². The molecule has 0 radical (unpaired) electrons. The number of fused-ring (bicyclic) bond motifs is 1. The SMILES string of the molecule is CCOc1cc(/C=C2/NC(=O)N(c3cccc(Cl)c3)C2=O)ccc1O.O=C1N/C(=C/c2ccc(O)cc2)C(=O)N1c1cccc(Cl)c1.O=c1[nH]c(C=C2C=Nc3ccccc32)c(O)n1Cc1ccc(Cl)cc1. The van der Waals surface area contributed by atoms with Gasteiger partial charge in [-0.2, -0.15) is 0 Å². The Bertz CT molecular complexity index is 3440. The fraction of sp³-hybridized carbons (Fsp3) is 0.0566. The molecule has 2 saturated heterocycles. The van der Waals surface area contributed by atoms with E-state index in [-0.39, 0.29) is 41.0 Å². The van der Waals surface area contributed by atoms with Crippen LogP contribution in [0.3, 0.4) is 0 Å². The summed E-state index contributed by atoms with van der Waals surface area (Å²) in [6.07, 6.45) is 6.51. The van der Waals surface area contributed by atoms with Crippen LogP contribution in [-0.4, -0.2) is 61.6 Å². The van der Waals surface area contributed by atoms with Gasteiger partial charge in [-0.05, 0) is 121 Å². The van der Waals surface area contributed by atoms with Gasteiger partial charge in [-0.15, -0.1) is 0 Å². The molecule has 2 fully saturated rings. The maximum absolute atomic E-state index is 12.6. The number of aliphatic imine (C=N–C) groups is 1. The maximum atomic E-state index is 12.6. The van der Waals surface area contributed by atoms with Crippen molar-refractivity contribution in [3.05, 3.63) is 204 Å². The highest BCUT2D eigenvalue weighted by Gasteiger charge is 2.36. The number of H-pyrrole nitrogens is 1. The number of benzene rings is 6. The first-order chi connectivity index (χ1) is 34.6. The summed E-state index contributed by atoms with van der Waals surface area (Å²) in [4.78, 5) is 70.4. The molecule has 19 heteroatoms. The molecule has 6 N–H and O–H groups in total. The van der Waals surface area contributed by atoms with E-state index in [9.17, 15) is 39.3 Å². The molecular formula is C53H40Cl3N7O9. The lowest BCUT2D eigenvalue weighted by Crippen LogP contribution is -2.30. The molecule has 0 bridgehead atoms. The van der Waals surface area contributed by atoms with E-state index < -0.39 is 23.9 Å². The second-order valence-electron chi connectivity index (χ2n) is 15.7. The highest BCUT2D eigenvalue weighted by molar-refractivity contribution is 6.33. The number of carbonyl (C=O) groups excluding carboxylic acids is 4. The van der Waals surface area contributed by atoms with Crippen molar-refractivity contribution in [3.63, 3.8) is 0 Å². The Morgan fingerprint density at radius 3 is 1.81 bits per heavy atom. The monoisotopic (exact) mass is 1020 g/mol. The number of urea groups is 2. The molecule has 0 aliphatic carbocycles. The summed E-state index contributed by atoms with van der Waals surface area (Å²) >= 11 is 17.7. The number of halogens is 3. The number of allylic oxidation sites excluding steroid dienone is 1. The molecule has 3 aliphatic rings. The van der Waals surface area contributed by atoms with E-state index in [4.69, 9.17) is 39.5 Å². The summed E-state index contributed by atoms with van der Waals surface area (Å²) in [6, 6.07) is 37.7. The Morgan fingerprint density at radius 2 is 1.21 bits per heavy atom. The van der Waals surface area contributed by atoms with Crippen molar-refractivity contribution in [2.24, 2.45) is 4.99 Å². The Balaban J connectivity index is 0.000000145. The topological polar surface area (TPSA) is 219 Å². The molecule has 1 aromatic heterocycles. The number of imide groups is 2. The van der Waals surface area contributed by atoms with Crippen LogP contribution in [0.25, 0.3) is 23.8 Å². The molecule has 0 atom stereocenters. The zero-order valence-electron chi connectivity index (χ0n) is 37.7. The molecule has 10 rings (SSSR count). The van der Waals surface area contributed by atoms with Gasteiger partial charge in [0.1, 0.15) is 22.8 Å². The zero-order chi connectivity index (χ0) is 51.1. The fourth-order valence-corrected chi connectivity index (χ4v) is 7.87. The van der Waals surface area contributed by atoms with Gasteiger partial charge in [0.05, 0.1) is 30.2 Å². The molecule has 6 amide bonds. The number of aromatic hydroxyl groups is 3. The van der Waals surface area contributed by atoms with E-state index in [1.165, 1.54) is 34.9 Å². The van der Waals surface area contributed by atoms with E-state index in [1.54, 1.807) is 104 Å². The van der Waals surface area contributed by atoms with Crippen molar-refractivity contribution >= 4 is 106 Å². The Morgan fingerprint density at radius 1 is 0.625 bits per heavy atom. The summed E-state index contributed by atoms with van der Waals surface area (Å²) < 4.78 is 6.60. The van der Waals surface area contributed by atoms with Gasteiger partial charge >= 0.3 is 17.8 Å². The molecule has 7 aromatic rings. The lowest BCUT2D eigenvalue weighted by Gasteiger charge is -2.11. The van der Waals surface area contributed by atoms with Gasteiger partial charge in [-0.25, -0.2) is 24.2 Å². The molecule has 0 saturated carbocycles. The van der Waals surface area contributed by atoms with Gasteiger partial charge in [-0.1, -0.05) is 95.5 Å². The highest BCUT2D eigenvalue weighted by atomic mass is 35.5. The molecule has 362 valence electrons. The van der Waals surface area contributed by atoms with E-state index >= 15 is 0 Å². The van der Waals surface area contributed by atoms with E-state index in [2.05, 4.69) is 20.6 Å². The third-order valence-corrected chi connectivity index (χ3v) is 11.5. The number of hydrogen-bond acceptors (Lipinski definition) is 10. The number of hydrogen-bond donors (Lipinski definition) is 6. The average molecular weight is 1030 g/mol. The summed E-state index contributed by atoms with van der Waals surface area (Å²) in [7, 11) is 0. The van der Waals surface area contributed by atoms with Crippen LogP contribution in [0.1, 0.15) is 34.9 Å². The lowest BCUT2D eigenvalue weighted by molar-refractivity contribution is -0.114. The van der Waals surface area contributed by atoms with Crippen molar-refractivity contribution < 1.29 is 39.2 Å². The summed E-state index contributed by atoms with van der Waals surface area (Å²) in [6.45, 7) is 2.45. The van der Waals surface area contributed by atoms with Crippen LogP contribution in [0.5, 0.6) is 23.1 Å². The summed E-state index contributed by atoms with van der Waals surface area (Å²) in [5, 5.41) is 36.0. The number of carbonyl (C=O) groups is 4. The number of rotatable bonds is 9. The molecule has 4 heterocycles. The van der Waals surface area contributed by atoms with E-state index in [0.717, 1.165) is 32.2 Å². The average Bonchev–Trinajstić information content (AvgIpc) is 4.06. The predicted octanol–water partition coefficient (Wildman–Crippen LogP) is 10.5. The number of aromatic amines is 1. The van der Waals surface area contributed by atoms with Gasteiger partial charge in [0.15, 0.2) is 11.5 Å². The number of para-hydroxylation sites is 1. The standard InChI is InChI=1S/C19H14ClN3O2.C18H15ClN2O4.C16H11ClN2O3/c20-14-7-5-12(6-8-14)11-23-18(24)17(22-19(23)25)9-13-10-21-16-4-2-1-3-15(13)16;1-2-25-16-9-11(6-7-15(16)22)8-14-17(23)21(18(24)20-14)13-5-3-4-12(19)10-13;17-11-2-1-3-12(9-11)19-15(21)14(18-16(19)22)8-10-4-6-13(20)7-5-10/h1-10,24H,11H2,(H,22,25);3-10,22H,2H2,1H3,(H,20,24);1-9,20H,(H,18,22)/b;2*14-8+. The van der Waals surface area contributed by atoms with Gasteiger partial charge in [0.25, 0.3) is 11.8 Å². The van der Waals surface area contributed by atoms with Crippen LogP contribution in [0.4, 0.5) is 26.7 Å². The third-order valence-electron chi connectivity index (χ3n) is 10.8. The Labute approximate surface area is 425 Å². The van der Waals surface area contributed by atoms with E-state index in [0.29, 0.717) is 55.6 Å². The Kier molecular flexibility index (Phi) is 15.1. The van der Waals surface area contributed by atoms with Crippen molar-refractivity contribution in [3.8, 4) is 23.1 Å². The Hall–Kier alpha value is -8.83. The first kappa shape index (κ1) is 49.6. The minimum absolute atomic E-state index is 0.00587. The number of aromatic nitrogens is 2. The second-order valence-corrected chi connectivity index (χ2v) is 17.0. The van der Waals surface area contributed by atoms with Crippen molar-refractivity contribution in [2.45, 2.75) is 13.5 Å². The van der Waals surface area contributed by atoms with Crippen LogP contribution < -0.4 is 30.9 Å². The number of nitrogens with zero attached hydrogens (tertiary/aromatic N) is 4. The minimum Gasteiger partial charge on any atom is -0.508 e. The number of ether oxygens (including phenoxy) is 1. The largest absolute Gasteiger partial charge is 0.508 e.